The first-order chi connectivity index (χ1) is 13.6. The van der Waals surface area contributed by atoms with Crippen molar-refractivity contribution < 1.29 is 18.7 Å². The molecule has 0 fully saturated rings. The van der Waals surface area contributed by atoms with Gasteiger partial charge < -0.3 is 13.9 Å². The Morgan fingerprint density at radius 3 is 2.86 bits per heavy atom. The predicted molar refractivity (Wildman–Crippen MR) is 106 cm³/mol. The Labute approximate surface area is 167 Å². The van der Waals surface area contributed by atoms with Gasteiger partial charge in [0.2, 0.25) is 5.58 Å². The van der Waals surface area contributed by atoms with Crippen LogP contribution in [0.1, 0.15) is 5.56 Å². The highest BCUT2D eigenvalue weighted by Crippen LogP contribution is 2.26. The van der Waals surface area contributed by atoms with Gasteiger partial charge in [0.05, 0.1) is 17.9 Å². The molecule has 0 amide bonds. The van der Waals surface area contributed by atoms with Crippen molar-refractivity contribution in [2.45, 2.75) is 13.2 Å². The Hall–Kier alpha value is -3.13. The van der Waals surface area contributed by atoms with Crippen molar-refractivity contribution in [3.05, 3.63) is 69.2 Å². The van der Waals surface area contributed by atoms with Crippen LogP contribution >= 0.6 is 15.9 Å². The van der Waals surface area contributed by atoms with Gasteiger partial charge in [0, 0.05) is 5.39 Å². The number of para-hydroxylation sites is 1. The van der Waals surface area contributed by atoms with Crippen LogP contribution in [0.3, 0.4) is 0 Å². The molecule has 2 heterocycles. The van der Waals surface area contributed by atoms with E-state index in [-0.39, 0.29) is 18.7 Å². The van der Waals surface area contributed by atoms with Gasteiger partial charge in [0.25, 0.3) is 5.56 Å². The van der Waals surface area contributed by atoms with Gasteiger partial charge in [0.15, 0.2) is 0 Å². The molecule has 0 saturated heterocycles. The van der Waals surface area contributed by atoms with Crippen LogP contribution in [-0.2, 0) is 22.7 Å². The van der Waals surface area contributed by atoms with E-state index >= 15 is 0 Å². The topological polar surface area (TPSA) is 83.6 Å². The molecular formula is C20H15BrN2O5. The Morgan fingerprint density at radius 2 is 2.07 bits per heavy atom. The fourth-order valence-corrected chi connectivity index (χ4v) is 3.46. The van der Waals surface area contributed by atoms with Crippen molar-refractivity contribution >= 4 is 44.0 Å². The molecule has 4 rings (SSSR count). The zero-order valence-electron chi connectivity index (χ0n) is 14.8. The maximum Gasteiger partial charge on any atom is 0.326 e. The lowest BCUT2D eigenvalue weighted by molar-refractivity contribution is -0.145. The molecule has 2 aromatic carbocycles. The lowest BCUT2D eigenvalue weighted by atomic mass is 10.2. The van der Waals surface area contributed by atoms with Gasteiger partial charge in [-0.25, -0.2) is 4.98 Å². The molecule has 142 valence electrons. The summed E-state index contributed by atoms with van der Waals surface area (Å²) in [5, 5.41) is 0.759. The molecule has 8 heteroatoms. The van der Waals surface area contributed by atoms with Crippen molar-refractivity contribution in [2.24, 2.45) is 0 Å². The third-order valence-electron chi connectivity index (χ3n) is 4.27. The number of carbonyl (C=O) groups is 1. The highest BCUT2D eigenvalue weighted by Gasteiger charge is 2.15. The molecule has 7 nitrogen and oxygen atoms in total. The molecule has 0 radical (unpaired) electrons. The molecule has 0 atom stereocenters. The summed E-state index contributed by atoms with van der Waals surface area (Å²) in [7, 11) is 1.57. The minimum atomic E-state index is -0.550. The number of methoxy groups -OCH3 is 1. The Balaban J connectivity index is 1.50. The second-order valence-electron chi connectivity index (χ2n) is 6.08. The SMILES string of the molecule is COc1ccc(COC(=O)Cn2cnc3c(oc4ccccc43)c2=O)cc1Br. The first-order valence-corrected chi connectivity index (χ1v) is 9.21. The first-order valence-electron chi connectivity index (χ1n) is 8.41. The number of rotatable bonds is 5. The summed E-state index contributed by atoms with van der Waals surface area (Å²) < 4.78 is 18.0. The van der Waals surface area contributed by atoms with E-state index in [1.807, 2.05) is 18.2 Å². The average molecular weight is 443 g/mol. The van der Waals surface area contributed by atoms with Crippen molar-refractivity contribution in [1.82, 2.24) is 9.55 Å². The number of halogens is 1. The lowest BCUT2D eigenvalue weighted by Gasteiger charge is -2.08. The minimum absolute atomic E-state index is 0.0798. The van der Waals surface area contributed by atoms with Gasteiger partial charge in [-0.3, -0.25) is 14.2 Å². The minimum Gasteiger partial charge on any atom is -0.496 e. The second kappa shape index (κ2) is 7.47. The normalized spacial score (nSPS) is 11.1. The number of carbonyl (C=O) groups excluding carboxylic acids is 1. The number of ether oxygens (including phenoxy) is 2. The van der Waals surface area contributed by atoms with E-state index in [9.17, 15) is 9.59 Å². The van der Waals surface area contributed by atoms with Crippen LogP contribution in [0.25, 0.3) is 22.1 Å². The molecule has 0 aliphatic rings. The largest absolute Gasteiger partial charge is 0.496 e. The number of furan rings is 1. The maximum absolute atomic E-state index is 12.6. The van der Waals surface area contributed by atoms with E-state index in [1.54, 1.807) is 31.4 Å². The van der Waals surface area contributed by atoms with Gasteiger partial charge >= 0.3 is 5.97 Å². The molecule has 28 heavy (non-hydrogen) atoms. The standard InChI is InChI=1S/C20H15BrN2O5/c1-26-16-7-6-12(8-14(16)21)10-27-17(24)9-23-11-22-18-13-4-2-3-5-15(13)28-19(18)20(23)25/h2-8,11H,9-10H2,1H3. The van der Waals surface area contributed by atoms with Crippen LogP contribution in [0, 0.1) is 0 Å². The highest BCUT2D eigenvalue weighted by atomic mass is 79.9. The fourth-order valence-electron chi connectivity index (χ4n) is 2.88. The summed E-state index contributed by atoms with van der Waals surface area (Å²) in [6.07, 6.45) is 1.33. The third kappa shape index (κ3) is 3.38. The van der Waals surface area contributed by atoms with E-state index in [4.69, 9.17) is 13.9 Å². The van der Waals surface area contributed by atoms with Crippen LogP contribution < -0.4 is 10.3 Å². The van der Waals surface area contributed by atoms with Crippen LogP contribution in [-0.4, -0.2) is 22.6 Å². The molecule has 0 bridgehead atoms. The molecule has 0 aliphatic carbocycles. The maximum atomic E-state index is 12.6. The van der Waals surface area contributed by atoms with Gasteiger partial charge in [-0.1, -0.05) is 18.2 Å². The van der Waals surface area contributed by atoms with E-state index in [0.717, 1.165) is 15.4 Å². The van der Waals surface area contributed by atoms with Crippen LogP contribution in [0.2, 0.25) is 0 Å². The van der Waals surface area contributed by atoms with Gasteiger partial charge in [0.1, 0.15) is 30.0 Å². The summed E-state index contributed by atoms with van der Waals surface area (Å²) in [6.45, 7) is -0.174. The molecule has 4 aromatic rings. The average Bonchev–Trinajstić information content (AvgIpc) is 3.08. The van der Waals surface area contributed by atoms with Crippen LogP contribution in [0.15, 0.2) is 62.5 Å². The monoisotopic (exact) mass is 442 g/mol. The lowest BCUT2D eigenvalue weighted by Crippen LogP contribution is -2.25. The summed E-state index contributed by atoms with van der Waals surface area (Å²) in [5.74, 6) is 0.137. The number of fused-ring (bicyclic) bond motifs is 3. The Kier molecular flexibility index (Phi) is 4.87. The number of hydrogen-bond acceptors (Lipinski definition) is 6. The zero-order valence-corrected chi connectivity index (χ0v) is 16.4. The Bertz CT molecular complexity index is 1240. The highest BCUT2D eigenvalue weighted by molar-refractivity contribution is 9.10. The van der Waals surface area contributed by atoms with E-state index in [0.29, 0.717) is 16.8 Å². The molecule has 0 N–H and O–H groups in total. The number of benzene rings is 2. The Morgan fingerprint density at radius 1 is 1.25 bits per heavy atom. The van der Waals surface area contributed by atoms with E-state index in [2.05, 4.69) is 20.9 Å². The third-order valence-corrected chi connectivity index (χ3v) is 4.89. The van der Waals surface area contributed by atoms with Crippen molar-refractivity contribution in [3.63, 3.8) is 0 Å². The fraction of sp³-hybridized carbons (Fsp3) is 0.150. The van der Waals surface area contributed by atoms with Gasteiger partial charge in [-0.2, -0.15) is 0 Å². The van der Waals surface area contributed by atoms with Crippen molar-refractivity contribution in [2.75, 3.05) is 7.11 Å². The number of aromatic nitrogens is 2. The quantitative estimate of drug-likeness (QED) is 0.438. The summed E-state index contributed by atoms with van der Waals surface area (Å²) >= 11 is 3.39. The van der Waals surface area contributed by atoms with Gasteiger partial charge in [-0.05, 0) is 45.8 Å². The van der Waals surface area contributed by atoms with Crippen molar-refractivity contribution in [3.8, 4) is 5.75 Å². The molecule has 0 unspecified atom stereocenters. The number of hydrogen-bond donors (Lipinski definition) is 0. The summed E-state index contributed by atoms with van der Waals surface area (Å²) in [5.41, 5.74) is 1.54. The van der Waals surface area contributed by atoms with Crippen molar-refractivity contribution in [1.29, 1.82) is 0 Å². The number of esters is 1. The summed E-state index contributed by atoms with van der Waals surface area (Å²) in [6, 6.07) is 12.6. The van der Waals surface area contributed by atoms with Gasteiger partial charge in [-0.15, -0.1) is 0 Å². The number of nitrogens with zero attached hydrogens (tertiary/aromatic N) is 2. The molecule has 0 saturated carbocycles. The molecular weight excluding hydrogens is 428 g/mol. The van der Waals surface area contributed by atoms with E-state index < -0.39 is 11.5 Å². The molecule has 0 spiro atoms. The molecule has 0 aliphatic heterocycles. The zero-order chi connectivity index (χ0) is 19.7. The van der Waals surface area contributed by atoms with Crippen LogP contribution in [0.4, 0.5) is 0 Å². The second-order valence-corrected chi connectivity index (χ2v) is 6.94. The molecule has 2 aromatic heterocycles. The van der Waals surface area contributed by atoms with E-state index in [1.165, 1.54) is 10.9 Å². The first kappa shape index (κ1) is 18.2. The smallest absolute Gasteiger partial charge is 0.326 e. The summed E-state index contributed by atoms with van der Waals surface area (Å²) in [4.78, 5) is 29.1. The van der Waals surface area contributed by atoms with Crippen LogP contribution in [0.5, 0.6) is 5.75 Å². The predicted octanol–water partition coefficient (Wildman–Crippen LogP) is 3.66.